The van der Waals surface area contributed by atoms with Crippen molar-refractivity contribution >= 4 is 21.7 Å². The third kappa shape index (κ3) is 4.40. The zero-order valence-corrected chi connectivity index (χ0v) is 9.79. The molecule has 0 heterocycles. The van der Waals surface area contributed by atoms with Crippen molar-refractivity contribution in [1.29, 1.82) is 0 Å². The molecular formula is C8H14BrNO3. The Balaban J connectivity index is 4.40. The SMILES string of the molecule is COC(OC)C(=O)C(Br)=CN(C)C. The van der Waals surface area contributed by atoms with Crippen molar-refractivity contribution in [1.82, 2.24) is 4.90 Å². The van der Waals surface area contributed by atoms with Gasteiger partial charge in [0.2, 0.25) is 12.1 Å². The van der Waals surface area contributed by atoms with Gasteiger partial charge in [0.25, 0.3) is 0 Å². The molecule has 0 aliphatic rings. The average molecular weight is 252 g/mol. The molecule has 0 fully saturated rings. The number of carbonyl (C=O) groups excluding carboxylic acids is 1. The Morgan fingerprint density at radius 3 is 2.15 bits per heavy atom. The maximum atomic E-state index is 11.4. The summed E-state index contributed by atoms with van der Waals surface area (Å²) in [5, 5.41) is 0. The molecule has 0 spiro atoms. The van der Waals surface area contributed by atoms with E-state index in [4.69, 9.17) is 9.47 Å². The third-order valence-electron chi connectivity index (χ3n) is 1.25. The van der Waals surface area contributed by atoms with Gasteiger partial charge in [0, 0.05) is 34.5 Å². The second-order valence-electron chi connectivity index (χ2n) is 2.61. The first-order valence-corrected chi connectivity index (χ1v) is 4.45. The van der Waals surface area contributed by atoms with E-state index >= 15 is 0 Å². The van der Waals surface area contributed by atoms with Crippen molar-refractivity contribution in [2.75, 3.05) is 28.3 Å². The van der Waals surface area contributed by atoms with E-state index in [-0.39, 0.29) is 5.78 Å². The Morgan fingerprint density at radius 2 is 1.85 bits per heavy atom. The van der Waals surface area contributed by atoms with Gasteiger partial charge >= 0.3 is 0 Å². The summed E-state index contributed by atoms with van der Waals surface area (Å²) < 4.78 is 10.0. The molecule has 0 aliphatic carbocycles. The number of hydrogen-bond donors (Lipinski definition) is 0. The maximum absolute atomic E-state index is 11.4. The molecule has 76 valence electrons. The number of rotatable bonds is 5. The van der Waals surface area contributed by atoms with Crippen LogP contribution in [0.2, 0.25) is 0 Å². The Hall–Kier alpha value is -0.390. The number of carbonyl (C=O) groups is 1. The molecule has 0 amide bonds. The molecule has 0 unspecified atom stereocenters. The zero-order chi connectivity index (χ0) is 10.4. The molecule has 0 bridgehead atoms. The zero-order valence-electron chi connectivity index (χ0n) is 8.20. The van der Waals surface area contributed by atoms with E-state index in [2.05, 4.69) is 15.9 Å². The van der Waals surface area contributed by atoms with Crippen LogP contribution in [-0.2, 0) is 14.3 Å². The van der Waals surface area contributed by atoms with Crippen LogP contribution in [0, 0.1) is 0 Å². The fourth-order valence-corrected chi connectivity index (χ4v) is 1.31. The van der Waals surface area contributed by atoms with Gasteiger partial charge in [-0.3, -0.25) is 4.79 Å². The second kappa shape index (κ2) is 6.12. The van der Waals surface area contributed by atoms with Gasteiger partial charge in [0.1, 0.15) is 0 Å². The van der Waals surface area contributed by atoms with Crippen LogP contribution in [0.15, 0.2) is 10.7 Å². The Bertz CT molecular complexity index is 200. The lowest BCUT2D eigenvalue weighted by Crippen LogP contribution is -2.25. The molecule has 13 heavy (non-hydrogen) atoms. The highest BCUT2D eigenvalue weighted by molar-refractivity contribution is 9.12. The van der Waals surface area contributed by atoms with E-state index in [0.717, 1.165) is 0 Å². The summed E-state index contributed by atoms with van der Waals surface area (Å²) in [5.41, 5.74) is 0. The highest BCUT2D eigenvalue weighted by Gasteiger charge is 2.19. The number of methoxy groups -OCH3 is 2. The van der Waals surface area contributed by atoms with Gasteiger partial charge in [0.05, 0.1) is 4.48 Å². The molecule has 0 rings (SSSR count). The van der Waals surface area contributed by atoms with Crippen molar-refractivity contribution in [3.05, 3.63) is 10.7 Å². The van der Waals surface area contributed by atoms with Crippen LogP contribution >= 0.6 is 15.9 Å². The Labute approximate surface area is 86.6 Å². The molecule has 0 aliphatic heterocycles. The summed E-state index contributed by atoms with van der Waals surface area (Å²) in [4.78, 5) is 13.2. The minimum Gasteiger partial charge on any atom is -0.382 e. The van der Waals surface area contributed by atoms with Gasteiger partial charge in [-0.25, -0.2) is 0 Å². The van der Waals surface area contributed by atoms with E-state index < -0.39 is 6.29 Å². The lowest BCUT2D eigenvalue weighted by molar-refractivity contribution is -0.151. The van der Waals surface area contributed by atoms with Crippen LogP contribution in [0.4, 0.5) is 0 Å². The summed E-state index contributed by atoms with van der Waals surface area (Å²) in [6, 6.07) is 0. The van der Waals surface area contributed by atoms with Crippen molar-refractivity contribution in [2.45, 2.75) is 6.29 Å². The van der Waals surface area contributed by atoms with Gasteiger partial charge < -0.3 is 14.4 Å². The summed E-state index contributed by atoms with van der Waals surface area (Å²) in [6.45, 7) is 0. The van der Waals surface area contributed by atoms with E-state index in [9.17, 15) is 4.79 Å². The first-order valence-electron chi connectivity index (χ1n) is 3.66. The molecule has 0 aromatic rings. The highest BCUT2D eigenvalue weighted by Crippen LogP contribution is 2.11. The van der Waals surface area contributed by atoms with Crippen molar-refractivity contribution < 1.29 is 14.3 Å². The first kappa shape index (κ1) is 12.6. The normalized spacial score (nSPS) is 12.0. The molecule has 0 N–H and O–H groups in total. The molecule has 0 saturated carbocycles. The predicted molar refractivity (Wildman–Crippen MR) is 53.5 cm³/mol. The van der Waals surface area contributed by atoms with Gasteiger partial charge in [0.15, 0.2) is 0 Å². The molecule has 0 atom stereocenters. The summed E-state index contributed by atoms with van der Waals surface area (Å²) in [6.07, 6.45) is 0.804. The van der Waals surface area contributed by atoms with E-state index in [0.29, 0.717) is 4.48 Å². The highest BCUT2D eigenvalue weighted by atomic mass is 79.9. The third-order valence-corrected chi connectivity index (χ3v) is 1.84. The quantitative estimate of drug-likeness (QED) is 0.540. The largest absolute Gasteiger partial charge is 0.382 e. The summed E-state index contributed by atoms with van der Waals surface area (Å²) in [5.74, 6) is -0.237. The summed E-state index contributed by atoms with van der Waals surface area (Å²) >= 11 is 3.14. The number of nitrogens with zero attached hydrogens (tertiary/aromatic N) is 1. The molecule has 0 aromatic heterocycles. The summed E-state index contributed by atoms with van der Waals surface area (Å²) in [7, 11) is 6.48. The number of halogens is 1. The topological polar surface area (TPSA) is 38.8 Å². The van der Waals surface area contributed by atoms with Crippen molar-refractivity contribution in [2.24, 2.45) is 0 Å². The van der Waals surface area contributed by atoms with Crippen LogP contribution in [-0.4, -0.2) is 45.3 Å². The van der Waals surface area contributed by atoms with Crippen LogP contribution in [0.1, 0.15) is 0 Å². The average Bonchev–Trinajstić information content (AvgIpc) is 2.05. The Morgan fingerprint density at radius 1 is 1.38 bits per heavy atom. The molecule has 4 nitrogen and oxygen atoms in total. The minimum atomic E-state index is -0.842. The van der Waals surface area contributed by atoms with Crippen LogP contribution in [0.5, 0.6) is 0 Å². The van der Waals surface area contributed by atoms with Crippen LogP contribution < -0.4 is 0 Å². The smallest absolute Gasteiger partial charge is 0.227 e. The monoisotopic (exact) mass is 251 g/mol. The van der Waals surface area contributed by atoms with Crippen LogP contribution in [0.25, 0.3) is 0 Å². The number of ketones is 1. The van der Waals surface area contributed by atoms with Crippen molar-refractivity contribution in [3.8, 4) is 0 Å². The second-order valence-corrected chi connectivity index (χ2v) is 3.46. The van der Waals surface area contributed by atoms with Gasteiger partial charge in [-0.15, -0.1) is 0 Å². The molecular weight excluding hydrogens is 238 g/mol. The first-order chi connectivity index (χ1) is 6.02. The number of hydrogen-bond acceptors (Lipinski definition) is 4. The maximum Gasteiger partial charge on any atom is 0.227 e. The Kier molecular flexibility index (Phi) is 5.94. The fraction of sp³-hybridized carbons (Fsp3) is 0.625. The van der Waals surface area contributed by atoms with Crippen molar-refractivity contribution in [3.63, 3.8) is 0 Å². The molecule has 0 radical (unpaired) electrons. The number of Topliss-reactive ketones (excluding diaryl/α,β-unsaturated/α-hetero) is 1. The van der Waals surface area contributed by atoms with Gasteiger partial charge in [-0.05, 0) is 15.9 Å². The van der Waals surface area contributed by atoms with Gasteiger partial charge in [-0.1, -0.05) is 0 Å². The number of ether oxygens (including phenoxy) is 2. The van der Waals surface area contributed by atoms with E-state index in [1.54, 1.807) is 11.1 Å². The predicted octanol–water partition coefficient (Wildman–Crippen LogP) is 0.972. The fourth-order valence-electron chi connectivity index (χ4n) is 0.713. The standard InChI is InChI=1S/C8H14BrNO3/c1-10(2)5-6(9)7(11)8(12-3)13-4/h5,8H,1-4H3. The lowest BCUT2D eigenvalue weighted by atomic mass is 10.3. The van der Waals surface area contributed by atoms with E-state index in [1.807, 2.05) is 14.1 Å². The lowest BCUT2D eigenvalue weighted by Gasteiger charge is -2.12. The molecule has 0 aromatic carbocycles. The molecule has 0 saturated heterocycles. The van der Waals surface area contributed by atoms with Crippen LogP contribution in [0.3, 0.4) is 0 Å². The van der Waals surface area contributed by atoms with Gasteiger partial charge in [-0.2, -0.15) is 0 Å². The minimum absolute atomic E-state index is 0.237. The molecule has 5 heteroatoms. The van der Waals surface area contributed by atoms with E-state index in [1.165, 1.54) is 14.2 Å².